The van der Waals surface area contributed by atoms with Crippen molar-refractivity contribution in [3.8, 4) is 6.07 Å². The molecule has 0 radical (unpaired) electrons. The number of carbonyl (C=O) groups excluding carboxylic acids is 1. The lowest BCUT2D eigenvalue weighted by molar-refractivity contribution is -0.121. The molecule has 1 saturated carbocycles. The van der Waals surface area contributed by atoms with Crippen molar-refractivity contribution in [1.82, 2.24) is 4.72 Å². The second-order valence-electron chi connectivity index (χ2n) is 5.73. The first-order valence-electron chi connectivity index (χ1n) is 7.49. The van der Waals surface area contributed by atoms with Crippen molar-refractivity contribution in [3.63, 3.8) is 0 Å². The largest absolute Gasteiger partial charge is 0.273 e. The summed E-state index contributed by atoms with van der Waals surface area (Å²) in [6.07, 6.45) is 3.52. The Bertz CT molecular complexity index is 700. The Kier molecular flexibility index (Phi) is 4.87. The first-order chi connectivity index (χ1) is 10.4. The van der Waals surface area contributed by atoms with Crippen LogP contribution in [0.5, 0.6) is 0 Å². The fraction of sp³-hybridized carbons (Fsp3) is 0.500. The summed E-state index contributed by atoms with van der Waals surface area (Å²) in [5.74, 6) is -0.500. The van der Waals surface area contributed by atoms with Gasteiger partial charge >= 0.3 is 0 Å². The summed E-state index contributed by atoms with van der Waals surface area (Å²) in [5.41, 5.74) is 0.403. The molecule has 1 aliphatic carbocycles. The van der Waals surface area contributed by atoms with Crippen LogP contribution in [0.3, 0.4) is 0 Å². The zero-order valence-corrected chi connectivity index (χ0v) is 13.4. The standard InChI is InChI=1S/C16H20N2O3S/c1-2-3-4-10-22(20,21)18-15(19)16(8-9-16)14-7-5-6-13(11-14)12-17/h5-7,11H,2-4,8-10H2,1H3,(H,18,19). The Morgan fingerprint density at radius 2 is 2.09 bits per heavy atom. The van der Waals surface area contributed by atoms with Crippen LogP contribution in [0.15, 0.2) is 24.3 Å². The molecule has 2 rings (SSSR count). The number of nitrogens with zero attached hydrogens (tertiary/aromatic N) is 1. The van der Waals surface area contributed by atoms with Gasteiger partial charge < -0.3 is 0 Å². The fourth-order valence-corrected chi connectivity index (χ4v) is 3.65. The van der Waals surface area contributed by atoms with Crippen molar-refractivity contribution in [3.05, 3.63) is 35.4 Å². The highest BCUT2D eigenvalue weighted by Crippen LogP contribution is 2.48. The number of amides is 1. The normalized spacial score (nSPS) is 15.8. The summed E-state index contributed by atoms with van der Waals surface area (Å²) < 4.78 is 26.1. The van der Waals surface area contributed by atoms with E-state index in [1.165, 1.54) is 0 Å². The van der Waals surface area contributed by atoms with Gasteiger partial charge in [-0.25, -0.2) is 8.42 Å². The topological polar surface area (TPSA) is 87.0 Å². The lowest BCUT2D eigenvalue weighted by atomic mass is 9.94. The molecule has 1 N–H and O–H groups in total. The minimum atomic E-state index is -3.58. The number of nitrogens with one attached hydrogen (secondary N) is 1. The van der Waals surface area contributed by atoms with Gasteiger partial charge in [0.25, 0.3) is 0 Å². The van der Waals surface area contributed by atoms with Crippen LogP contribution in [0.2, 0.25) is 0 Å². The molecule has 1 aromatic carbocycles. The van der Waals surface area contributed by atoms with Crippen LogP contribution >= 0.6 is 0 Å². The summed E-state index contributed by atoms with van der Waals surface area (Å²) in [6.45, 7) is 1.99. The zero-order valence-electron chi connectivity index (χ0n) is 12.6. The molecule has 1 aromatic rings. The fourth-order valence-electron chi connectivity index (χ4n) is 2.49. The van der Waals surface area contributed by atoms with Gasteiger partial charge in [-0.15, -0.1) is 0 Å². The summed E-state index contributed by atoms with van der Waals surface area (Å²) in [6, 6.07) is 8.86. The quantitative estimate of drug-likeness (QED) is 0.780. The van der Waals surface area contributed by atoms with Gasteiger partial charge in [-0.3, -0.25) is 9.52 Å². The molecule has 118 valence electrons. The molecule has 0 aliphatic heterocycles. The van der Waals surface area contributed by atoms with Crippen LogP contribution in [0, 0.1) is 11.3 Å². The highest BCUT2D eigenvalue weighted by atomic mass is 32.2. The van der Waals surface area contributed by atoms with Gasteiger partial charge in [0.05, 0.1) is 22.8 Å². The predicted molar refractivity (Wildman–Crippen MR) is 83.5 cm³/mol. The van der Waals surface area contributed by atoms with Crippen molar-refractivity contribution in [2.24, 2.45) is 0 Å². The maximum absolute atomic E-state index is 12.4. The van der Waals surface area contributed by atoms with E-state index in [4.69, 9.17) is 5.26 Å². The molecule has 1 fully saturated rings. The average Bonchev–Trinajstić information content (AvgIpc) is 3.29. The Morgan fingerprint density at radius 1 is 1.36 bits per heavy atom. The summed E-state index contributed by atoms with van der Waals surface area (Å²) >= 11 is 0. The van der Waals surface area contributed by atoms with E-state index in [1.54, 1.807) is 24.3 Å². The first-order valence-corrected chi connectivity index (χ1v) is 9.14. The van der Waals surface area contributed by atoms with Crippen LogP contribution in [-0.2, 0) is 20.2 Å². The number of hydrogen-bond acceptors (Lipinski definition) is 4. The van der Waals surface area contributed by atoms with Crippen LogP contribution in [0.1, 0.15) is 50.2 Å². The number of rotatable bonds is 7. The third kappa shape index (κ3) is 3.66. The number of unbranched alkanes of at least 4 members (excludes halogenated alkanes) is 2. The van der Waals surface area contributed by atoms with Gasteiger partial charge in [0.2, 0.25) is 15.9 Å². The monoisotopic (exact) mass is 320 g/mol. The second-order valence-corrected chi connectivity index (χ2v) is 7.57. The Balaban J connectivity index is 2.10. The maximum atomic E-state index is 12.4. The van der Waals surface area contributed by atoms with Gasteiger partial charge in [-0.2, -0.15) is 5.26 Å². The van der Waals surface area contributed by atoms with Gasteiger partial charge in [0.1, 0.15) is 0 Å². The third-order valence-electron chi connectivity index (χ3n) is 3.99. The van der Waals surface area contributed by atoms with Gasteiger partial charge in [-0.1, -0.05) is 31.9 Å². The summed E-state index contributed by atoms with van der Waals surface area (Å²) in [7, 11) is -3.58. The van der Waals surface area contributed by atoms with E-state index in [0.29, 0.717) is 30.4 Å². The van der Waals surface area contributed by atoms with Crippen molar-refractivity contribution >= 4 is 15.9 Å². The predicted octanol–water partition coefficient (Wildman–Crippen LogP) is 2.23. The Hall–Kier alpha value is -1.87. The Morgan fingerprint density at radius 3 is 2.68 bits per heavy atom. The molecule has 0 spiro atoms. The first kappa shape index (κ1) is 16.5. The molecule has 1 aliphatic rings. The highest BCUT2D eigenvalue weighted by molar-refractivity contribution is 7.90. The SMILES string of the molecule is CCCCCS(=O)(=O)NC(=O)C1(c2cccc(C#N)c2)CC1. The van der Waals surface area contributed by atoms with E-state index in [9.17, 15) is 13.2 Å². The van der Waals surface area contributed by atoms with Crippen LogP contribution in [-0.4, -0.2) is 20.1 Å². The molecule has 0 bridgehead atoms. The summed E-state index contributed by atoms with van der Waals surface area (Å²) in [4.78, 5) is 12.4. The van der Waals surface area contributed by atoms with Crippen LogP contribution in [0.25, 0.3) is 0 Å². The highest BCUT2D eigenvalue weighted by Gasteiger charge is 2.52. The van der Waals surface area contributed by atoms with Crippen molar-refractivity contribution in [2.45, 2.75) is 44.4 Å². The van der Waals surface area contributed by atoms with E-state index in [1.807, 2.05) is 13.0 Å². The minimum Gasteiger partial charge on any atom is -0.273 e. The van der Waals surface area contributed by atoms with E-state index in [2.05, 4.69) is 4.72 Å². The van der Waals surface area contributed by atoms with Gasteiger partial charge in [0, 0.05) is 0 Å². The number of carbonyl (C=O) groups is 1. The van der Waals surface area contributed by atoms with Gasteiger partial charge in [0.15, 0.2) is 0 Å². The average molecular weight is 320 g/mol. The van der Waals surface area contributed by atoms with E-state index < -0.39 is 21.3 Å². The molecule has 0 aromatic heterocycles. The van der Waals surface area contributed by atoms with Crippen molar-refractivity contribution in [2.75, 3.05) is 5.75 Å². The molecular weight excluding hydrogens is 300 g/mol. The molecule has 0 atom stereocenters. The minimum absolute atomic E-state index is 0.0269. The summed E-state index contributed by atoms with van der Waals surface area (Å²) in [5, 5.41) is 8.95. The molecule has 5 nitrogen and oxygen atoms in total. The molecule has 0 unspecified atom stereocenters. The lowest BCUT2D eigenvalue weighted by Gasteiger charge is -2.16. The zero-order chi connectivity index (χ0) is 16.2. The maximum Gasteiger partial charge on any atom is 0.244 e. The van der Waals surface area contributed by atoms with Crippen LogP contribution in [0.4, 0.5) is 0 Å². The van der Waals surface area contributed by atoms with Crippen molar-refractivity contribution in [1.29, 1.82) is 5.26 Å². The second kappa shape index (κ2) is 6.49. The van der Waals surface area contributed by atoms with Gasteiger partial charge in [-0.05, 0) is 37.0 Å². The molecule has 6 heteroatoms. The lowest BCUT2D eigenvalue weighted by Crippen LogP contribution is -2.40. The number of benzene rings is 1. The number of sulfonamides is 1. The molecule has 1 amide bonds. The third-order valence-corrected chi connectivity index (χ3v) is 5.32. The van der Waals surface area contributed by atoms with E-state index in [0.717, 1.165) is 12.8 Å². The molecule has 0 saturated heterocycles. The molecule has 22 heavy (non-hydrogen) atoms. The van der Waals surface area contributed by atoms with E-state index >= 15 is 0 Å². The van der Waals surface area contributed by atoms with E-state index in [-0.39, 0.29) is 5.75 Å². The van der Waals surface area contributed by atoms with Crippen molar-refractivity contribution < 1.29 is 13.2 Å². The molecule has 0 heterocycles. The number of hydrogen-bond donors (Lipinski definition) is 1. The number of nitriles is 1. The molecular formula is C16H20N2O3S. The Labute approximate surface area is 131 Å². The smallest absolute Gasteiger partial charge is 0.244 e. The van der Waals surface area contributed by atoms with Crippen LogP contribution < -0.4 is 4.72 Å².